The number of rotatable bonds is 7. The second kappa shape index (κ2) is 7.26. The highest BCUT2D eigenvalue weighted by molar-refractivity contribution is 5.94. The molecule has 0 fully saturated rings. The number of ether oxygens (including phenoxy) is 1. The molecule has 2 N–H and O–H groups in total. The molecule has 0 heterocycles. The SMILES string of the molecule is CCOc1ccc(C(=O)NCC(C)(O)CN(C)C)cc1. The highest BCUT2D eigenvalue weighted by atomic mass is 16.5. The van der Waals surface area contributed by atoms with Gasteiger partial charge in [-0.2, -0.15) is 0 Å². The van der Waals surface area contributed by atoms with Crippen LogP contribution in [0.1, 0.15) is 24.2 Å². The fourth-order valence-electron chi connectivity index (χ4n) is 1.98. The van der Waals surface area contributed by atoms with Crippen molar-refractivity contribution in [1.82, 2.24) is 10.2 Å². The van der Waals surface area contributed by atoms with E-state index in [1.165, 1.54) is 0 Å². The summed E-state index contributed by atoms with van der Waals surface area (Å²) in [6.07, 6.45) is 0. The van der Waals surface area contributed by atoms with E-state index in [1.807, 2.05) is 25.9 Å². The van der Waals surface area contributed by atoms with Crippen LogP contribution in [0.4, 0.5) is 0 Å². The third-order valence-corrected chi connectivity index (χ3v) is 2.71. The average molecular weight is 280 g/mol. The maximum Gasteiger partial charge on any atom is 0.251 e. The summed E-state index contributed by atoms with van der Waals surface area (Å²) >= 11 is 0. The monoisotopic (exact) mass is 280 g/mol. The number of aliphatic hydroxyl groups is 1. The Morgan fingerprint density at radius 1 is 1.35 bits per heavy atom. The molecule has 1 aromatic rings. The molecule has 0 radical (unpaired) electrons. The van der Waals surface area contributed by atoms with E-state index in [0.29, 0.717) is 18.7 Å². The average Bonchev–Trinajstić information content (AvgIpc) is 2.36. The molecule has 112 valence electrons. The Balaban J connectivity index is 2.54. The Kier molecular flexibility index (Phi) is 5.98. The van der Waals surface area contributed by atoms with Crippen molar-refractivity contribution in [3.05, 3.63) is 29.8 Å². The fraction of sp³-hybridized carbons (Fsp3) is 0.533. The third-order valence-electron chi connectivity index (χ3n) is 2.71. The lowest BCUT2D eigenvalue weighted by molar-refractivity contribution is 0.0326. The van der Waals surface area contributed by atoms with E-state index in [0.717, 1.165) is 5.75 Å². The van der Waals surface area contributed by atoms with Crippen LogP contribution in [-0.4, -0.2) is 55.3 Å². The van der Waals surface area contributed by atoms with Gasteiger partial charge in [-0.1, -0.05) is 0 Å². The highest BCUT2D eigenvalue weighted by Crippen LogP contribution is 2.12. The zero-order valence-electron chi connectivity index (χ0n) is 12.6. The lowest BCUT2D eigenvalue weighted by atomic mass is 10.1. The van der Waals surface area contributed by atoms with Crippen LogP contribution in [0.15, 0.2) is 24.3 Å². The highest BCUT2D eigenvalue weighted by Gasteiger charge is 2.22. The van der Waals surface area contributed by atoms with E-state index in [1.54, 1.807) is 31.2 Å². The van der Waals surface area contributed by atoms with Gasteiger partial charge in [0.15, 0.2) is 0 Å². The molecule has 5 heteroatoms. The second-order valence-electron chi connectivity index (χ2n) is 5.37. The maximum atomic E-state index is 12.0. The molecule has 1 aromatic carbocycles. The summed E-state index contributed by atoms with van der Waals surface area (Å²) in [6.45, 7) is 4.89. The van der Waals surface area contributed by atoms with Crippen molar-refractivity contribution in [2.75, 3.05) is 33.8 Å². The number of nitrogens with one attached hydrogen (secondary N) is 1. The Hall–Kier alpha value is -1.59. The minimum atomic E-state index is -0.954. The number of carbonyl (C=O) groups excluding carboxylic acids is 1. The van der Waals surface area contributed by atoms with Crippen molar-refractivity contribution in [2.24, 2.45) is 0 Å². The predicted octanol–water partition coefficient (Wildman–Crippen LogP) is 1.13. The van der Waals surface area contributed by atoms with Crippen LogP contribution in [0.25, 0.3) is 0 Å². The normalized spacial score (nSPS) is 13.9. The Morgan fingerprint density at radius 2 is 1.95 bits per heavy atom. The van der Waals surface area contributed by atoms with Gasteiger partial charge in [0, 0.05) is 18.7 Å². The fourth-order valence-corrected chi connectivity index (χ4v) is 1.98. The maximum absolute atomic E-state index is 12.0. The van der Waals surface area contributed by atoms with E-state index < -0.39 is 5.60 Å². The van der Waals surface area contributed by atoms with Crippen molar-refractivity contribution in [3.8, 4) is 5.75 Å². The van der Waals surface area contributed by atoms with E-state index in [9.17, 15) is 9.90 Å². The number of amides is 1. The van der Waals surface area contributed by atoms with Gasteiger partial charge < -0.3 is 20.1 Å². The van der Waals surface area contributed by atoms with Crippen LogP contribution >= 0.6 is 0 Å². The molecular weight excluding hydrogens is 256 g/mol. The smallest absolute Gasteiger partial charge is 0.251 e. The first-order chi connectivity index (χ1) is 9.34. The number of benzene rings is 1. The quantitative estimate of drug-likeness (QED) is 0.786. The molecule has 0 bridgehead atoms. The molecule has 0 aliphatic heterocycles. The van der Waals surface area contributed by atoms with Gasteiger partial charge >= 0.3 is 0 Å². The first-order valence-corrected chi connectivity index (χ1v) is 6.72. The van der Waals surface area contributed by atoms with Crippen molar-refractivity contribution in [1.29, 1.82) is 0 Å². The summed E-state index contributed by atoms with van der Waals surface area (Å²) < 4.78 is 5.32. The van der Waals surface area contributed by atoms with Crippen molar-refractivity contribution in [2.45, 2.75) is 19.4 Å². The van der Waals surface area contributed by atoms with E-state index in [4.69, 9.17) is 4.74 Å². The van der Waals surface area contributed by atoms with Crippen molar-refractivity contribution >= 4 is 5.91 Å². The molecule has 0 aliphatic rings. The van der Waals surface area contributed by atoms with Crippen LogP contribution in [0.3, 0.4) is 0 Å². The molecule has 1 rings (SSSR count). The molecular formula is C15H24N2O3. The number of nitrogens with zero attached hydrogens (tertiary/aromatic N) is 1. The Morgan fingerprint density at radius 3 is 2.45 bits per heavy atom. The van der Waals surface area contributed by atoms with Gasteiger partial charge in [0.25, 0.3) is 5.91 Å². The van der Waals surface area contributed by atoms with Gasteiger partial charge in [-0.15, -0.1) is 0 Å². The van der Waals surface area contributed by atoms with Gasteiger partial charge in [-0.3, -0.25) is 4.79 Å². The van der Waals surface area contributed by atoms with Gasteiger partial charge in [0.05, 0.1) is 12.2 Å². The van der Waals surface area contributed by atoms with E-state index >= 15 is 0 Å². The summed E-state index contributed by atoms with van der Waals surface area (Å²) in [5, 5.41) is 12.9. The lowest BCUT2D eigenvalue weighted by Gasteiger charge is -2.27. The third kappa shape index (κ3) is 5.59. The second-order valence-corrected chi connectivity index (χ2v) is 5.37. The predicted molar refractivity (Wildman–Crippen MR) is 79.1 cm³/mol. The minimum absolute atomic E-state index is 0.202. The van der Waals surface area contributed by atoms with Crippen molar-refractivity contribution in [3.63, 3.8) is 0 Å². The van der Waals surface area contributed by atoms with Crippen LogP contribution in [0.2, 0.25) is 0 Å². The Bertz CT molecular complexity index is 427. The molecule has 0 aromatic heterocycles. The number of carbonyl (C=O) groups is 1. The molecule has 1 amide bonds. The minimum Gasteiger partial charge on any atom is -0.494 e. The molecule has 5 nitrogen and oxygen atoms in total. The summed E-state index contributed by atoms with van der Waals surface area (Å²) in [7, 11) is 3.76. The van der Waals surface area contributed by atoms with E-state index in [-0.39, 0.29) is 12.5 Å². The first kappa shape index (κ1) is 16.5. The molecule has 0 spiro atoms. The van der Waals surface area contributed by atoms with Crippen LogP contribution in [-0.2, 0) is 0 Å². The zero-order valence-corrected chi connectivity index (χ0v) is 12.6. The molecule has 0 aliphatic carbocycles. The van der Waals surface area contributed by atoms with Crippen LogP contribution in [0.5, 0.6) is 5.75 Å². The topological polar surface area (TPSA) is 61.8 Å². The molecule has 1 atom stereocenters. The van der Waals surface area contributed by atoms with Crippen LogP contribution in [0, 0.1) is 0 Å². The molecule has 20 heavy (non-hydrogen) atoms. The number of likely N-dealkylation sites (N-methyl/N-ethyl adjacent to an activating group) is 1. The molecule has 0 saturated heterocycles. The summed E-state index contributed by atoms with van der Waals surface area (Å²) in [6, 6.07) is 6.94. The Labute approximate surface area is 120 Å². The number of hydrogen-bond donors (Lipinski definition) is 2. The summed E-state index contributed by atoms with van der Waals surface area (Å²) in [5.74, 6) is 0.538. The number of hydrogen-bond acceptors (Lipinski definition) is 4. The molecule has 0 saturated carbocycles. The summed E-state index contributed by atoms with van der Waals surface area (Å²) in [5.41, 5.74) is -0.404. The van der Waals surface area contributed by atoms with Gasteiger partial charge in [-0.25, -0.2) is 0 Å². The van der Waals surface area contributed by atoms with Crippen LogP contribution < -0.4 is 10.1 Å². The standard InChI is InChI=1S/C15H24N2O3/c1-5-20-13-8-6-12(7-9-13)14(18)16-10-15(2,19)11-17(3)4/h6-9,19H,5,10-11H2,1-4H3,(H,16,18). The largest absolute Gasteiger partial charge is 0.494 e. The van der Waals surface area contributed by atoms with Crippen molar-refractivity contribution < 1.29 is 14.6 Å². The molecule has 1 unspecified atom stereocenters. The van der Waals surface area contributed by atoms with Gasteiger partial charge in [-0.05, 0) is 52.2 Å². The van der Waals surface area contributed by atoms with Gasteiger partial charge in [0.2, 0.25) is 0 Å². The lowest BCUT2D eigenvalue weighted by Crippen LogP contribution is -2.47. The first-order valence-electron chi connectivity index (χ1n) is 6.72. The summed E-state index contributed by atoms with van der Waals surface area (Å²) in [4.78, 5) is 13.8. The zero-order chi connectivity index (χ0) is 15.2. The van der Waals surface area contributed by atoms with E-state index in [2.05, 4.69) is 5.32 Å². The van der Waals surface area contributed by atoms with Gasteiger partial charge in [0.1, 0.15) is 5.75 Å².